The first-order valence-corrected chi connectivity index (χ1v) is 11.8. The number of aryl methyl sites for hydroxylation is 1. The normalized spacial score (nSPS) is 15.4. The van der Waals surface area contributed by atoms with Gasteiger partial charge in [-0.3, -0.25) is 20.0 Å². The molecular weight excluding hydrogens is 430 g/mol. The quantitative estimate of drug-likeness (QED) is 0.370. The molecular formula is C25H31N7O2. The van der Waals surface area contributed by atoms with Crippen LogP contribution in [0.25, 0.3) is 33.5 Å². The number of aromatic amines is 2. The summed E-state index contributed by atoms with van der Waals surface area (Å²) in [7, 11) is 1.75. The van der Waals surface area contributed by atoms with Crippen molar-refractivity contribution < 1.29 is 9.84 Å². The molecule has 0 bridgehead atoms. The molecule has 0 radical (unpaired) electrons. The summed E-state index contributed by atoms with van der Waals surface area (Å²) in [4.78, 5) is 9.55. The number of phenols is 1. The van der Waals surface area contributed by atoms with Crippen molar-refractivity contribution in [3.63, 3.8) is 0 Å². The minimum absolute atomic E-state index is 0.291. The molecule has 1 saturated heterocycles. The molecule has 3 heterocycles. The van der Waals surface area contributed by atoms with Crippen LogP contribution in [0, 0.1) is 0 Å². The molecule has 0 unspecified atom stereocenters. The maximum Gasteiger partial charge on any atom is 0.202 e. The van der Waals surface area contributed by atoms with E-state index in [4.69, 9.17) is 9.72 Å². The van der Waals surface area contributed by atoms with E-state index >= 15 is 0 Å². The Balaban J connectivity index is 1.30. The third kappa shape index (κ3) is 4.68. The lowest BCUT2D eigenvalue weighted by Gasteiger charge is -2.33. The highest BCUT2D eigenvalue weighted by molar-refractivity contribution is 5.94. The van der Waals surface area contributed by atoms with Gasteiger partial charge in [0, 0.05) is 45.2 Å². The molecule has 0 amide bonds. The Morgan fingerprint density at radius 3 is 2.62 bits per heavy atom. The van der Waals surface area contributed by atoms with Crippen molar-refractivity contribution in [2.75, 3.05) is 46.4 Å². The second kappa shape index (κ2) is 9.92. The van der Waals surface area contributed by atoms with Crippen LogP contribution in [0.15, 0.2) is 36.4 Å². The van der Waals surface area contributed by atoms with E-state index in [1.54, 1.807) is 13.2 Å². The van der Waals surface area contributed by atoms with Crippen LogP contribution in [-0.4, -0.2) is 86.7 Å². The van der Waals surface area contributed by atoms with Crippen LogP contribution >= 0.6 is 0 Å². The number of H-pyrrole nitrogens is 2. The summed E-state index contributed by atoms with van der Waals surface area (Å²) in [5, 5.41) is 26.0. The third-order valence-corrected chi connectivity index (χ3v) is 6.54. The van der Waals surface area contributed by atoms with Crippen LogP contribution in [-0.2, 0) is 17.7 Å². The number of nitrogens with zero attached hydrogens (tertiary/aromatic N) is 5. The Bertz CT molecular complexity index is 1260. The van der Waals surface area contributed by atoms with Gasteiger partial charge in [0.1, 0.15) is 17.3 Å². The van der Waals surface area contributed by atoms with Crippen molar-refractivity contribution in [3.8, 4) is 28.4 Å². The lowest BCUT2D eigenvalue weighted by atomic mass is 9.97. The molecule has 9 nitrogen and oxygen atoms in total. The number of rotatable bonds is 8. The molecule has 5 rings (SSSR count). The van der Waals surface area contributed by atoms with Gasteiger partial charge in [-0.2, -0.15) is 10.2 Å². The first-order valence-electron chi connectivity index (χ1n) is 11.8. The molecule has 0 aliphatic carbocycles. The van der Waals surface area contributed by atoms with E-state index in [0.717, 1.165) is 91.4 Å². The van der Waals surface area contributed by atoms with Gasteiger partial charge >= 0.3 is 0 Å². The van der Waals surface area contributed by atoms with Gasteiger partial charge in [0.05, 0.1) is 18.7 Å². The number of methoxy groups -OCH3 is 1. The van der Waals surface area contributed by atoms with Crippen LogP contribution in [0.5, 0.6) is 5.75 Å². The second-order valence-corrected chi connectivity index (χ2v) is 8.74. The second-order valence-electron chi connectivity index (χ2n) is 8.74. The predicted octanol–water partition coefficient (Wildman–Crippen LogP) is 3.05. The van der Waals surface area contributed by atoms with Crippen LogP contribution in [0.2, 0.25) is 0 Å². The lowest BCUT2D eigenvalue weighted by Crippen LogP contribution is -2.46. The number of benzene rings is 2. The summed E-state index contributed by atoms with van der Waals surface area (Å²) in [6.45, 7) is 8.69. The van der Waals surface area contributed by atoms with Gasteiger partial charge in [-0.15, -0.1) is 0 Å². The van der Waals surface area contributed by atoms with Crippen LogP contribution in [0.1, 0.15) is 18.3 Å². The van der Waals surface area contributed by atoms with Crippen molar-refractivity contribution in [3.05, 3.63) is 47.8 Å². The molecule has 2 aromatic heterocycles. The third-order valence-electron chi connectivity index (χ3n) is 6.54. The number of aromatic nitrogens is 5. The van der Waals surface area contributed by atoms with Gasteiger partial charge in [0.15, 0.2) is 0 Å². The highest BCUT2D eigenvalue weighted by Gasteiger charge is 2.19. The zero-order valence-electron chi connectivity index (χ0n) is 19.7. The van der Waals surface area contributed by atoms with Crippen molar-refractivity contribution in [2.24, 2.45) is 0 Å². The molecule has 0 atom stereocenters. The molecule has 2 aromatic carbocycles. The van der Waals surface area contributed by atoms with Gasteiger partial charge < -0.3 is 9.84 Å². The Hall–Kier alpha value is -3.27. The SMILES string of the molecule is CCc1cc(O)ccc1-c1ccc2c(-c3n[nH]c(CN4CCN(CCOC)CC4)n3)n[nH]c2c1. The Labute approximate surface area is 198 Å². The summed E-state index contributed by atoms with van der Waals surface area (Å²) in [6.07, 6.45) is 0.845. The Morgan fingerprint density at radius 2 is 1.82 bits per heavy atom. The molecule has 9 heteroatoms. The van der Waals surface area contributed by atoms with E-state index in [9.17, 15) is 5.11 Å². The molecule has 0 spiro atoms. The monoisotopic (exact) mass is 461 g/mol. The number of hydrogen-bond acceptors (Lipinski definition) is 7. The Morgan fingerprint density at radius 1 is 1.00 bits per heavy atom. The van der Waals surface area contributed by atoms with Crippen molar-refractivity contribution in [2.45, 2.75) is 19.9 Å². The van der Waals surface area contributed by atoms with Gasteiger partial charge in [-0.25, -0.2) is 4.98 Å². The standard InChI is InChI=1S/C25H31N7O2/c1-3-17-14-19(33)5-7-20(17)18-4-6-21-22(15-18)27-29-24(21)25-26-23(28-30-25)16-32-10-8-31(9-11-32)12-13-34-2/h4-7,14-15,33H,3,8-13,16H2,1-2H3,(H,27,29)(H,26,28,30). The number of nitrogens with one attached hydrogen (secondary N) is 2. The molecule has 1 aliphatic heterocycles. The van der Waals surface area contributed by atoms with E-state index in [1.807, 2.05) is 12.1 Å². The molecule has 178 valence electrons. The van der Waals surface area contributed by atoms with Crippen LogP contribution in [0.3, 0.4) is 0 Å². The van der Waals surface area contributed by atoms with E-state index in [0.29, 0.717) is 11.6 Å². The summed E-state index contributed by atoms with van der Waals surface area (Å²) in [6, 6.07) is 11.8. The Kier molecular flexibility index (Phi) is 6.57. The number of ether oxygens (including phenoxy) is 1. The molecule has 34 heavy (non-hydrogen) atoms. The zero-order chi connectivity index (χ0) is 23.5. The molecule has 0 saturated carbocycles. The van der Waals surface area contributed by atoms with Gasteiger partial charge in [0.25, 0.3) is 0 Å². The van der Waals surface area contributed by atoms with Crippen molar-refractivity contribution in [1.29, 1.82) is 0 Å². The average Bonchev–Trinajstić information content (AvgIpc) is 3.49. The predicted molar refractivity (Wildman–Crippen MR) is 132 cm³/mol. The molecule has 1 aliphatic rings. The topological polar surface area (TPSA) is 106 Å². The largest absolute Gasteiger partial charge is 0.508 e. The number of aromatic hydroxyl groups is 1. The molecule has 3 N–H and O–H groups in total. The number of piperazine rings is 1. The molecule has 1 fully saturated rings. The van der Waals surface area contributed by atoms with E-state index in [2.05, 4.69) is 55.3 Å². The first kappa shape index (κ1) is 22.5. The lowest BCUT2D eigenvalue weighted by molar-refractivity contribution is 0.0926. The van der Waals surface area contributed by atoms with E-state index in [1.165, 1.54) is 0 Å². The minimum atomic E-state index is 0.291. The number of fused-ring (bicyclic) bond motifs is 1. The van der Waals surface area contributed by atoms with E-state index < -0.39 is 0 Å². The number of phenolic OH excluding ortho intramolecular Hbond substituents is 1. The maximum atomic E-state index is 9.82. The van der Waals surface area contributed by atoms with Crippen LogP contribution in [0.4, 0.5) is 0 Å². The van der Waals surface area contributed by atoms with Crippen molar-refractivity contribution in [1.82, 2.24) is 35.2 Å². The average molecular weight is 462 g/mol. The summed E-state index contributed by atoms with van der Waals surface area (Å²) < 4.78 is 5.18. The van der Waals surface area contributed by atoms with Gasteiger partial charge in [-0.05, 0) is 47.4 Å². The summed E-state index contributed by atoms with van der Waals surface area (Å²) in [5.41, 5.74) is 4.98. The van der Waals surface area contributed by atoms with Gasteiger partial charge in [-0.1, -0.05) is 19.1 Å². The summed E-state index contributed by atoms with van der Waals surface area (Å²) in [5.74, 6) is 1.75. The van der Waals surface area contributed by atoms with Crippen molar-refractivity contribution >= 4 is 10.9 Å². The highest BCUT2D eigenvalue weighted by atomic mass is 16.5. The fourth-order valence-electron chi connectivity index (χ4n) is 4.59. The zero-order valence-corrected chi connectivity index (χ0v) is 19.7. The van der Waals surface area contributed by atoms with Gasteiger partial charge in [0.2, 0.25) is 5.82 Å². The fourth-order valence-corrected chi connectivity index (χ4v) is 4.59. The molecule has 4 aromatic rings. The fraction of sp³-hybridized carbons (Fsp3) is 0.400. The summed E-state index contributed by atoms with van der Waals surface area (Å²) >= 11 is 0. The van der Waals surface area contributed by atoms with Crippen LogP contribution < -0.4 is 0 Å². The highest BCUT2D eigenvalue weighted by Crippen LogP contribution is 2.32. The van der Waals surface area contributed by atoms with E-state index in [-0.39, 0.29) is 0 Å². The minimum Gasteiger partial charge on any atom is -0.508 e. The maximum absolute atomic E-state index is 9.82. The number of hydrogen-bond donors (Lipinski definition) is 3. The smallest absolute Gasteiger partial charge is 0.202 e. The first-order chi connectivity index (χ1) is 16.6.